The summed E-state index contributed by atoms with van der Waals surface area (Å²) in [7, 11) is 0. The molecule has 0 aliphatic heterocycles. The molecule has 0 atom stereocenters. The van der Waals surface area contributed by atoms with Gasteiger partial charge in [0.1, 0.15) is 0 Å². The molecule has 0 nitrogen and oxygen atoms in total. The first kappa shape index (κ1) is 14.3. The summed E-state index contributed by atoms with van der Waals surface area (Å²) in [5.74, 6) is 0. The van der Waals surface area contributed by atoms with Crippen LogP contribution in [0.15, 0.2) is 24.3 Å². The Bertz CT molecular complexity index is 277. The number of hydrogen-bond acceptors (Lipinski definition) is 0. The Hall–Kier alpha value is 0.256. The van der Waals surface area contributed by atoms with Crippen LogP contribution in [0.3, 0.4) is 0 Å². The molecule has 5 heteroatoms. The van der Waals surface area contributed by atoms with Crippen LogP contribution in [0.1, 0.15) is 14.0 Å². The second kappa shape index (κ2) is 5.97. The molecule has 14 heavy (non-hydrogen) atoms. The number of benzene rings is 1. The molecular weight excluding hydrogens is 269 g/mol. The Kier molecular flexibility index (Phi) is 6.08. The van der Waals surface area contributed by atoms with Gasteiger partial charge in [0.15, 0.2) is 0 Å². The molecule has 0 saturated carbocycles. The largest absolute Gasteiger partial charge is 2.00 e. The van der Waals surface area contributed by atoms with Crippen molar-refractivity contribution in [2.24, 2.45) is 0 Å². The Balaban J connectivity index is -0.000000563. The van der Waals surface area contributed by atoms with E-state index in [1.54, 1.807) is 0 Å². The first-order valence-corrected chi connectivity index (χ1v) is 4.88. The van der Waals surface area contributed by atoms with E-state index in [0.29, 0.717) is 0 Å². The Morgan fingerprint density at radius 2 is 1.64 bits per heavy atom. The molecule has 1 rings (SSSR count). The minimum absolute atomic E-state index is 0. The van der Waals surface area contributed by atoms with E-state index in [-0.39, 0.29) is 25.9 Å². The average Bonchev–Trinajstić information content (AvgIpc) is 2.04. The molecule has 0 amide bonds. The maximum absolute atomic E-state index is 12.1. The molecular formula is C9H10BrF3Mg. The van der Waals surface area contributed by atoms with Crippen LogP contribution in [0.5, 0.6) is 0 Å². The topological polar surface area (TPSA) is 0 Å². The minimum Gasteiger partial charge on any atom is -1.00 e. The van der Waals surface area contributed by atoms with E-state index in [0.717, 1.165) is 29.4 Å². The fourth-order valence-electron chi connectivity index (χ4n) is 0.970. The third kappa shape index (κ3) is 4.19. The fraction of sp³-hybridized carbons (Fsp3) is 0.333. The minimum atomic E-state index is -4.23. The van der Waals surface area contributed by atoms with Gasteiger partial charge in [0, 0.05) is 5.33 Å². The van der Waals surface area contributed by atoms with Gasteiger partial charge in [-0.05, 0) is 24.1 Å². The van der Waals surface area contributed by atoms with E-state index in [1.807, 2.05) is 0 Å². The molecule has 0 aliphatic rings. The van der Waals surface area contributed by atoms with Crippen molar-refractivity contribution in [3.63, 3.8) is 0 Å². The summed E-state index contributed by atoms with van der Waals surface area (Å²) in [5, 5.41) is 0.762. The molecule has 0 N–H and O–H groups in total. The van der Waals surface area contributed by atoms with Gasteiger partial charge >= 0.3 is 29.2 Å². The van der Waals surface area contributed by atoms with Gasteiger partial charge < -0.3 is 2.85 Å². The summed E-state index contributed by atoms with van der Waals surface area (Å²) in [5.41, 5.74) is 0.315. The van der Waals surface area contributed by atoms with Gasteiger partial charge in [-0.3, -0.25) is 0 Å². The summed E-state index contributed by atoms with van der Waals surface area (Å²) in [4.78, 5) is 0. The van der Waals surface area contributed by atoms with Gasteiger partial charge in [-0.25, -0.2) is 0 Å². The number of hydrogen-bond donors (Lipinski definition) is 0. The van der Waals surface area contributed by atoms with E-state index in [4.69, 9.17) is 0 Å². The zero-order valence-corrected chi connectivity index (χ0v) is 10.4. The third-order valence-corrected chi connectivity index (χ3v) is 2.06. The van der Waals surface area contributed by atoms with E-state index in [9.17, 15) is 13.2 Å². The van der Waals surface area contributed by atoms with Crippen LogP contribution in [-0.2, 0) is 12.6 Å². The number of alkyl halides is 4. The second-order valence-electron chi connectivity index (χ2n) is 2.63. The normalized spacial score (nSPS) is 10.9. The van der Waals surface area contributed by atoms with E-state index < -0.39 is 11.7 Å². The van der Waals surface area contributed by atoms with Crippen LogP contribution >= 0.6 is 15.9 Å². The Labute approximate surface area is 108 Å². The zero-order chi connectivity index (χ0) is 9.90. The van der Waals surface area contributed by atoms with Crippen molar-refractivity contribution in [2.75, 3.05) is 5.33 Å². The van der Waals surface area contributed by atoms with E-state index >= 15 is 0 Å². The summed E-state index contributed by atoms with van der Waals surface area (Å²) in [6, 6.07) is 5.23. The van der Waals surface area contributed by atoms with Crippen molar-refractivity contribution in [2.45, 2.75) is 12.6 Å². The second-order valence-corrected chi connectivity index (χ2v) is 3.43. The van der Waals surface area contributed by atoms with E-state index in [1.165, 1.54) is 12.1 Å². The molecule has 0 spiro atoms. The van der Waals surface area contributed by atoms with Crippen molar-refractivity contribution in [1.29, 1.82) is 0 Å². The third-order valence-electron chi connectivity index (χ3n) is 1.66. The van der Waals surface area contributed by atoms with Gasteiger partial charge in [-0.15, -0.1) is 0 Å². The SMILES string of the molecule is FC(F)(F)c1ccc(CCBr)cc1.[H-].[H-].[Mg+2]. The van der Waals surface area contributed by atoms with Crippen LogP contribution in [0, 0.1) is 0 Å². The predicted molar refractivity (Wildman–Crippen MR) is 56.9 cm³/mol. The Morgan fingerprint density at radius 3 is 2.00 bits per heavy atom. The number of halogens is 4. The number of aryl methyl sites for hydroxylation is 1. The smallest absolute Gasteiger partial charge is 1.00 e. The predicted octanol–water partition coefficient (Wildman–Crippen LogP) is 3.49. The van der Waals surface area contributed by atoms with Gasteiger partial charge in [-0.1, -0.05) is 28.1 Å². The van der Waals surface area contributed by atoms with E-state index in [2.05, 4.69) is 15.9 Å². The summed E-state index contributed by atoms with van der Waals surface area (Å²) in [6.07, 6.45) is -3.48. The van der Waals surface area contributed by atoms with Gasteiger partial charge in [-0.2, -0.15) is 13.2 Å². The fourth-order valence-corrected chi connectivity index (χ4v) is 1.43. The van der Waals surface area contributed by atoms with Crippen molar-refractivity contribution >= 4 is 39.0 Å². The molecule has 0 aromatic heterocycles. The van der Waals surface area contributed by atoms with Crippen LogP contribution in [0.25, 0.3) is 0 Å². The van der Waals surface area contributed by atoms with Crippen molar-refractivity contribution < 1.29 is 16.0 Å². The average molecular weight is 279 g/mol. The Morgan fingerprint density at radius 1 is 1.14 bits per heavy atom. The van der Waals surface area contributed by atoms with Crippen molar-refractivity contribution in [3.05, 3.63) is 35.4 Å². The molecule has 0 aliphatic carbocycles. The van der Waals surface area contributed by atoms with Crippen LogP contribution in [0.2, 0.25) is 0 Å². The zero-order valence-electron chi connectivity index (χ0n) is 9.44. The standard InChI is InChI=1S/C9H8BrF3.Mg.2H/c10-6-5-7-1-3-8(4-2-7)9(11,12)13;;;/h1-4H,5-6H2;;;/q;+2;2*-1. The summed E-state index contributed by atoms with van der Waals surface area (Å²) >= 11 is 3.22. The first-order valence-electron chi connectivity index (χ1n) is 3.76. The molecule has 76 valence electrons. The quantitative estimate of drug-likeness (QED) is 0.574. The maximum Gasteiger partial charge on any atom is 2.00 e. The molecule has 0 fully saturated rings. The van der Waals surface area contributed by atoms with Crippen molar-refractivity contribution in [3.8, 4) is 0 Å². The summed E-state index contributed by atoms with van der Waals surface area (Å²) in [6.45, 7) is 0. The number of rotatable bonds is 2. The van der Waals surface area contributed by atoms with Gasteiger partial charge in [0.05, 0.1) is 5.56 Å². The van der Waals surface area contributed by atoms with Gasteiger partial charge in [0.25, 0.3) is 0 Å². The van der Waals surface area contributed by atoms with Crippen LogP contribution < -0.4 is 0 Å². The molecule has 1 aromatic carbocycles. The van der Waals surface area contributed by atoms with Crippen molar-refractivity contribution in [1.82, 2.24) is 0 Å². The van der Waals surface area contributed by atoms with Gasteiger partial charge in [0.2, 0.25) is 0 Å². The molecule has 0 saturated heterocycles. The van der Waals surface area contributed by atoms with Crippen LogP contribution in [0.4, 0.5) is 13.2 Å². The molecule has 1 aromatic rings. The molecule has 0 unspecified atom stereocenters. The van der Waals surface area contributed by atoms with Crippen LogP contribution in [-0.4, -0.2) is 28.4 Å². The molecule has 0 radical (unpaired) electrons. The summed E-state index contributed by atoms with van der Waals surface area (Å²) < 4.78 is 36.3. The monoisotopic (exact) mass is 278 g/mol. The molecule has 0 heterocycles. The maximum atomic E-state index is 12.1. The molecule has 0 bridgehead atoms. The first-order chi connectivity index (χ1) is 6.04.